The van der Waals surface area contributed by atoms with Crippen LogP contribution in [0, 0.1) is 0 Å². The zero-order chi connectivity index (χ0) is 15.6. The fourth-order valence-electron chi connectivity index (χ4n) is 3.04. The molecule has 118 valence electrons. The number of hydrogen-bond acceptors (Lipinski definition) is 4. The van der Waals surface area contributed by atoms with Gasteiger partial charge in [-0.25, -0.2) is 4.68 Å². The second-order valence-corrected chi connectivity index (χ2v) is 5.95. The summed E-state index contributed by atoms with van der Waals surface area (Å²) in [7, 11) is 0. The first-order valence-corrected chi connectivity index (χ1v) is 8.05. The number of fused-ring (bicyclic) bond motifs is 1. The van der Waals surface area contributed by atoms with Gasteiger partial charge in [-0.2, -0.15) is 5.10 Å². The molecule has 2 aromatic heterocycles. The van der Waals surface area contributed by atoms with Gasteiger partial charge in [0.05, 0.1) is 11.7 Å². The van der Waals surface area contributed by atoms with Crippen molar-refractivity contribution in [1.29, 1.82) is 0 Å². The summed E-state index contributed by atoms with van der Waals surface area (Å²) in [5.41, 5.74) is 2.32. The third-order valence-electron chi connectivity index (χ3n) is 4.34. The molecule has 0 saturated heterocycles. The second kappa shape index (κ2) is 5.96. The van der Waals surface area contributed by atoms with E-state index in [0.717, 1.165) is 36.8 Å². The Hall–Kier alpha value is -2.47. The molecule has 0 bridgehead atoms. The molecular weight excluding hydrogens is 288 g/mol. The van der Waals surface area contributed by atoms with Crippen LogP contribution in [0.3, 0.4) is 0 Å². The molecule has 6 nitrogen and oxygen atoms in total. The predicted octanol–water partition coefficient (Wildman–Crippen LogP) is 2.26. The molecule has 1 aromatic carbocycles. The lowest BCUT2D eigenvalue weighted by atomic mass is 10.2. The molecule has 0 spiro atoms. The maximum Gasteiger partial charge on any atom is 0.149 e. The summed E-state index contributed by atoms with van der Waals surface area (Å²) >= 11 is 0. The van der Waals surface area contributed by atoms with Gasteiger partial charge in [-0.05, 0) is 37.1 Å². The standard InChI is InChI=1S/C17H20N6/c1-13(17-21-20-16-4-2-10-22(16)17)18-12-14-5-7-15(8-6-14)23-11-3-9-19-23/h3,5-9,11,13,18H,2,4,10,12H2,1H3. The first-order chi connectivity index (χ1) is 11.3. The van der Waals surface area contributed by atoms with E-state index < -0.39 is 0 Å². The van der Waals surface area contributed by atoms with Gasteiger partial charge in [0.1, 0.15) is 11.6 Å². The monoisotopic (exact) mass is 308 g/mol. The SMILES string of the molecule is CC(NCc1ccc(-n2cccn2)cc1)c1nnc2n1CCC2. The lowest BCUT2D eigenvalue weighted by Gasteiger charge is -2.14. The van der Waals surface area contributed by atoms with Crippen molar-refractivity contribution in [2.45, 2.75) is 38.9 Å². The summed E-state index contributed by atoms with van der Waals surface area (Å²) in [5.74, 6) is 2.17. The van der Waals surface area contributed by atoms with Crippen LogP contribution in [0.2, 0.25) is 0 Å². The van der Waals surface area contributed by atoms with Gasteiger partial charge >= 0.3 is 0 Å². The summed E-state index contributed by atoms with van der Waals surface area (Å²) in [6, 6.07) is 10.6. The van der Waals surface area contributed by atoms with E-state index >= 15 is 0 Å². The first kappa shape index (κ1) is 14.1. The highest BCUT2D eigenvalue weighted by Gasteiger charge is 2.20. The Kier molecular flexibility index (Phi) is 3.67. The molecule has 4 rings (SSSR count). The molecule has 1 atom stereocenters. The Bertz CT molecular complexity index is 772. The molecule has 23 heavy (non-hydrogen) atoms. The Morgan fingerprint density at radius 2 is 2.09 bits per heavy atom. The number of aryl methyl sites for hydroxylation is 1. The van der Waals surface area contributed by atoms with Crippen LogP contribution in [-0.4, -0.2) is 24.5 Å². The fraction of sp³-hybridized carbons (Fsp3) is 0.353. The fourth-order valence-corrected chi connectivity index (χ4v) is 3.04. The van der Waals surface area contributed by atoms with Crippen LogP contribution in [0.4, 0.5) is 0 Å². The maximum atomic E-state index is 4.34. The number of nitrogens with one attached hydrogen (secondary N) is 1. The van der Waals surface area contributed by atoms with Crippen LogP contribution in [0.1, 0.15) is 36.6 Å². The van der Waals surface area contributed by atoms with Crippen LogP contribution in [0.5, 0.6) is 0 Å². The normalized spacial score (nSPS) is 14.8. The third kappa shape index (κ3) is 2.77. The molecule has 6 heteroatoms. The molecule has 0 radical (unpaired) electrons. The van der Waals surface area contributed by atoms with Crippen molar-refractivity contribution in [2.24, 2.45) is 0 Å². The van der Waals surface area contributed by atoms with Gasteiger partial charge in [0.25, 0.3) is 0 Å². The van der Waals surface area contributed by atoms with Crippen molar-refractivity contribution >= 4 is 0 Å². The molecule has 3 aromatic rings. The Balaban J connectivity index is 1.40. The topological polar surface area (TPSA) is 60.6 Å². The van der Waals surface area contributed by atoms with E-state index in [0.29, 0.717) is 0 Å². The molecule has 1 aliphatic rings. The summed E-state index contributed by atoms with van der Waals surface area (Å²) < 4.78 is 4.11. The summed E-state index contributed by atoms with van der Waals surface area (Å²) in [6.07, 6.45) is 5.96. The van der Waals surface area contributed by atoms with Gasteiger partial charge in [-0.1, -0.05) is 12.1 Å². The third-order valence-corrected chi connectivity index (χ3v) is 4.34. The van der Waals surface area contributed by atoms with Crippen LogP contribution < -0.4 is 5.32 Å². The number of aromatic nitrogens is 5. The molecule has 1 aliphatic heterocycles. The van der Waals surface area contributed by atoms with Gasteiger partial charge in [-0.15, -0.1) is 10.2 Å². The molecule has 0 aliphatic carbocycles. The lowest BCUT2D eigenvalue weighted by Crippen LogP contribution is -2.21. The average Bonchev–Trinajstić information content (AvgIpc) is 3.29. The molecule has 3 heterocycles. The number of rotatable bonds is 5. The number of hydrogen-bond donors (Lipinski definition) is 1. The van der Waals surface area contributed by atoms with Crippen molar-refractivity contribution in [1.82, 2.24) is 29.9 Å². The van der Waals surface area contributed by atoms with E-state index in [1.165, 1.54) is 12.0 Å². The van der Waals surface area contributed by atoms with Crippen LogP contribution in [0.25, 0.3) is 5.69 Å². The van der Waals surface area contributed by atoms with E-state index in [1.54, 1.807) is 6.20 Å². The molecule has 1 unspecified atom stereocenters. The van der Waals surface area contributed by atoms with Crippen LogP contribution in [-0.2, 0) is 19.5 Å². The molecule has 0 fully saturated rings. The van der Waals surface area contributed by atoms with Gasteiger partial charge < -0.3 is 9.88 Å². The van der Waals surface area contributed by atoms with Crippen molar-refractivity contribution in [3.05, 3.63) is 59.9 Å². The van der Waals surface area contributed by atoms with Crippen molar-refractivity contribution in [3.63, 3.8) is 0 Å². The Morgan fingerprint density at radius 1 is 1.22 bits per heavy atom. The molecule has 0 saturated carbocycles. The molecular formula is C17H20N6. The van der Waals surface area contributed by atoms with E-state index in [-0.39, 0.29) is 6.04 Å². The Morgan fingerprint density at radius 3 is 2.87 bits per heavy atom. The van der Waals surface area contributed by atoms with E-state index in [2.05, 4.69) is 56.4 Å². The molecule has 0 amide bonds. The highest BCUT2D eigenvalue weighted by molar-refractivity contribution is 5.33. The first-order valence-electron chi connectivity index (χ1n) is 8.05. The molecule has 1 N–H and O–H groups in total. The average molecular weight is 308 g/mol. The van der Waals surface area contributed by atoms with E-state index in [9.17, 15) is 0 Å². The second-order valence-electron chi connectivity index (χ2n) is 5.95. The number of nitrogens with zero attached hydrogens (tertiary/aromatic N) is 5. The highest BCUT2D eigenvalue weighted by Crippen LogP contribution is 2.19. The van der Waals surface area contributed by atoms with Crippen molar-refractivity contribution < 1.29 is 0 Å². The summed E-state index contributed by atoms with van der Waals surface area (Å²) in [6.45, 7) is 4.00. The lowest BCUT2D eigenvalue weighted by molar-refractivity contribution is 0.516. The smallest absolute Gasteiger partial charge is 0.149 e. The van der Waals surface area contributed by atoms with E-state index in [1.807, 2.05) is 16.9 Å². The van der Waals surface area contributed by atoms with Crippen LogP contribution >= 0.6 is 0 Å². The minimum atomic E-state index is 0.195. The van der Waals surface area contributed by atoms with Gasteiger partial charge in [0.2, 0.25) is 0 Å². The van der Waals surface area contributed by atoms with E-state index in [4.69, 9.17) is 0 Å². The van der Waals surface area contributed by atoms with Gasteiger partial charge in [0.15, 0.2) is 0 Å². The summed E-state index contributed by atoms with van der Waals surface area (Å²) in [4.78, 5) is 0. The van der Waals surface area contributed by atoms with Crippen molar-refractivity contribution in [3.8, 4) is 5.69 Å². The largest absolute Gasteiger partial charge is 0.314 e. The Labute approximate surface area is 135 Å². The summed E-state index contributed by atoms with van der Waals surface area (Å²) in [5, 5.41) is 16.4. The minimum absolute atomic E-state index is 0.195. The van der Waals surface area contributed by atoms with Crippen molar-refractivity contribution in [2.75, 3.05) is 0 Å². The highest BCUT2D eigenvalue weighted by atomic mass is 15.3. The predicted molar refractivity (Wildman–Crippen MR) is 87.2 cm³/mol. The quantitative estimate of drug-likeness (QED) is 0.785. The minimum Gasteiger partial charge on any atom is -0.314 e. The van der Waals surface area contributed by atoms with Gasteiger partial charge in [0, 0.05) is 31.9 Å². The number of benzene rings is 1. The van der Waals surface area contributed by atoms with Gasteiger partial charge in [-0.3, -0.25) is 0 Å². The zero-order valence-electron chi connectivity index (χ0n) is 13.2. The van der Waals surface area contributed by atoms with Crippen LogP contribution in [0.15, 0.2) is 42.7 Å². The maximum absolute atomic E-state index is 4.34. The zero-order valence-corrected chi connectivity index (χ0v) is 13.2.